The summed E-state index contributed by atoms with van der Waals surface area (Å²) in [6.45, 7) is 2.64. The molecule has 150 valence electrons. The highest BCUT2D eigenvalue weighted by atomic mass is 16.5. The van der Waals surface area contributed by atoms with Gasteiger partial charge < -0.3 is 19.5 Å². The van der Waals surface area contributed by atoms with E-state index >= 15 is 0 Å². The van der Waals surface area contributed by atoms with E-state index in [1.54, 1.807) is 38.5 Å². The standard InChI is InChI=1S/C22H28N2O4/c1-26-18-7-5-17(6-8-18)21(24-13-3-4-14-24)15-23-22(25)16-28-20-11-9-19(27-2)10-12-20/h5-12,21H,3-4,13-16H2,1-2H3,(H,23,25). The minimum absolute atomic E-state index is 0.0122. The van der Waals surface area contributed by atoms with Gasteiger partial charge in [0.2, 0.25) is 0 Å². The Kier molecular flexibility index (Phi) is 7.14. The van der Waals surface area contributed by atoms with Crippen molar-refractivity contribution in [2.75, 3.05) is 40.5 Å². The average Bonchev–Trinajstić information content (AvgIpc) is 3.28. The first-order valence-corrected chi connectivity index (χ1v) is 9.61. The van der Waals surface area contributed by atoms with Crippen molar-refractivity contribution in [3.8, 4) is 17.2 Å². The van der Waals surface area contributed by atoms with E-state index in [0.29, 0.717) is 12.3 Å². The van der Waals surface area contributed by atoms with Crippen molar-refractivity contribution in [2.45, 2.75) is 18.9 Å². The van der Waals surface area contributed by atoms with E-state index in [1.165, 1.54) is 18.4 Å². The van der Waals surface area contributed by atoms with Gasteiger partial charge in [0.1, 0.15) is 17.2 Å². The van der Waals surface area contributed by atoms with Gasteiger partial charge in [-0.25, -0.2) is 0 Å². The molecule has 0 aromatic heterocycles. The Morgan fingerprint density at radius 2 is 1.46 bits per heavy atom. The molecule has 1 fully saturated rings. The van der Waals surface area contributed by atoms with Gasteiger partial charge in [0.15, 0.2) is 6.61 Å². The van der Waals surface area contributed by atoms with E-state index in [2.05, 4.69) is 22.3 Å². The molecule has 3 rings (SSSR count). The number of benzene rings is 2. The molecule has 6 heteroatoms. The van der Waals surface area contributed by atoms with Crippen LogP contribution in [-0.4, -0.2) is 51.3 Å². The number of carbonyl (C=O) groups is 1. The Bertz CT molecular complexity index is 740. The zero-order valence-corrected chi connectivity index (χ0v) is 16.5. The molecule has 1 amide bonds. The van der Waals surface area contributed by atoms with Crippen LogP contribution in [0.15, 0.2) is 48.5 Å². The summed E-state index contributed by atoms with van der Waals surface area (Å²) in [6.07, 6.45) is 2.39. The predicted molar refractivity (Wildman–Crippen MR) is 108 cm³/mol. The third kappa shape index (κ3) is 5.39. The summed E-state index contributed by atoms with van der Waals surface area (Å²) >= 11 is 0. The van der Waals surface area contributed by atoms with Crippen molar-refractivity contribution in [1.82, 2.24) is 10.2 Å². The molecule has 1 N–H and O–H groups in total. The highest BCUT2D eigenvalue weighted by Gasteiger charge is 2.24. The number of carbonyl (C=O) groups excluding carboxylic acids is 1. The number of ether oxygens (including phenoxy) is 3. The fraction of sp³-hybridized carbons (Fsp3) is 0.409. The Morgan fingerprint density at radius 1 is 0.929 bits per heavy atom. The smallest absolute Gasteiger partial charge is 0.258 e. The molecule has 1 atom stereocenters. The Balaban J connectivity index is 1.55. The molecule has 1 heterocycles. The van der Waals surface area contributed by atoms with Crippen molar-refractivity contribution in [3.63, 3.8) is 0 Å². The van der Waals surface area contributed by atoms with Gasteiger partial charge >= 0.3 is 0 Å². The number of nitrogens with one attached hydrogen (secondary N) is 1. The first-order chi connectivity index (χ1) is 13.7. The molecule has 0 radical (unpaired) electrons. The lowest BCUT2D eigenvalue weighted by molar-refractivity contribution is -0.123. The van der Waals surface area contributed by atoms with Crippen LogP contribution in [-0.2, 0) is 4.79 Å². The van der Waals surface area contributed by atoms with Gasteiger partial charge in [-0.3, -0.25) is 9.69 Å². The van der Waals surface area contributed by atoms with Gasteiger partial charge in [0.05, 0.1) is 20.3 Å². The van der Waals surface area contributed by atoms with Crippen molar-refractivity contribution in [1.29, 1.82) is 0 Å². The number of hydrogen-bond donors (Lipinski definition) is 1. The zero-order valence-electron chi connectivity index (χ0n) is 16.5. The summed E-state index contributed by atoms with van der Waals surface area (Å²) in [4.78, 5) is 14.7. The third-order valence-corrected chi connectivity index (χ3v) is 5.00. The zero-order chi connectivity index (χ0) is 19.8. The molecular weight excluding hydrogens is 356 g/mol. The lowest BCUT2D eigenvalue weighted by Crippen LogP contribution is -2.38. The van der Waals surface area contributed by atoms with E-state index in [1.807, 2.05) is 12.1 Å². The lowest BCUT2D eigenvalue weighted by Gasteiger charge is -2.28. The quantitative estimate of drug-likeness (QED) is 0.720. The first kappa shape index (κ1) is 20.0. The van der Waals surface area contributed by atoms with Crippen LogP contribution in [0.1, 0.15) is 24.4 Å². The van der Waals surface area contributed by atoms with E-state index in [0.717, 1.165) is 24.6 Å². The highest BCUT2D eigenvalue weighted by molar-refractivity contribution is 5.77. The van der Waals surface area contributed by atoms with Crippen LogP contribution in [0.25, 0.3) is 0 Å². The summed E-state index contributed by atoms with van der Waals surface area (Å²) in [5.41, 5.74) is 1.18. The normalized spacial score (nSPS) is 15.1. The molecule has 1 aliphatic rings. The van der Waals surface area contributed by atoms with Gasteiger partial charge in [-0.05, 0) is 67.9 Å². The van der Waals surface area contributed by atoms with E-state index in [-0.39, 0.29) is 18.6 Å². The molecule has 6 nitrogen and oxygen atoms in total. The number of hydrogen-bond acceptors (Lipinski definition) is 5. The molecule has 1 aliphatic heterocycles. The lowest BCUT2D eigenvalue weighted by atomic mass is 10.1. The van der Waals surface area contributed by atoms with Gasteiger partial charge in [0, 0.05) is 6.54 Å². The van der Waals surface area contributed by atoms with Crippen molar-refractivity contribution in [2.24, 2.45) is 0 Å². The number of likely N-dealkylation sites (tertiary alicyclic amines) is 1. The molecule has 0 bridgehead atoms. The maximum Gasteiger partial charge on any atom is 0.258 e. The van der Waals surface area contributed by atoms with Crippen LogP contribution in [0.5, 0.6) is 17.2 Å². The highest BCUT2D eigenvalue weighted by Crippen LogP contribution is 2.26. The first-order valence-electron chi connectivity index (χ1n) is 9.61. The summed E-state index contributed by atoms with van der Waals surface area (Å²) < 4.78 is 15.9. The second kappa shape index (κ2) is 9.99. The van der Waals surface area contributed by atoms with Gasteiger partial charge in [-0.2, -0.15) is 0 Å². The minimum atomic E-state index is -0.131. The predicted octanol–water partition coefficient (Wildman–Crippen LogP) is 3.04. The van der Waals surface area contributed by atoms with E-state index in [4.69, 9.17) is 14.2 Å². The van der Waals surface area contributed by atoms with E-state index in [9.17, 15) is 4.79 Å². The number of methoxy groups -OCH3 is 2. The monoisotopic (exact) mass is 384 g/mol. The second-order valence-electron chi connectivity index (χ2n) is 6.80. The SMILES string of the molecule is COc1ccc(OCC(=O)NCC(c2ccc(OC)cc2)N2CCCC2)cc1. The molecule has 1 saturated heterocycles. The topological polar surface area (TPSA) is 60.0 Å². The van der Waals surface area contributed by atoms with Crippen molar-refractivity contribution >= 4 is 5.91 Å². The van der Waals surface area contributed by atoms with Gasteiger partial charge in [-0.1, -0.05) is 12.1 Å². The van der Waals surface area contributed by atoms with Crippen LogP contribution in [0.2, 0.25) is 0 Å². The molecule has 0 aliphatic carbocycles. The molecule has 2 aromatic carbocycles. The van der Waals surface area contributed by atoms with Crippen LogP contribution in [0.4, 0.5) is 0 Å². The third-order valence-electron chi connectivity index (χ3n) is 5.00. The molecular formula is C22H28N2O4. The maximum absolute atomic E-state index is 12.3. The maximum atomic E-state index is 12.3. The van der Waals surface area contributed by atoms with E-state index < -0.39 is 0 Å². The molecule has 0 saturated carbocycles. The average molecular weight is 384 g/mol. The van der Waals surface area contributed by atoms with Crippen LogP contribution in [0.3, 0.4) is 0 Å². The Labute approximate surface area is 166 Å². The largest absolute Gasteiger partial charge is 0.497 e. The number of nitrogens with zero attached hydrogens (tertiary/aromatic N) is 1. The number of rotatable bonds is 9. The fourth-order valence-corrected chi connectivity index (χ4v) is 3.42. The molecule has 28 heavy (non-hydrogen) atoms. The van der Waals surface area contributed by atoms with Gasteiger partial charge in [-0.15, -0.1) is 0 Å². The summed E-state index contributed by atoms with van der Waals surface area (Å²) in [5.74, 6) is 2.10. The fourth-order valence-electron chi connectivity index (χ4n) is 3.42. The van der Waals surface area contributed by atoms with Crippen LogP contribution < -0.4 is 19.5 Å². The van der Waals surface area contributed by atoms with Crippen LogP contribution in [0, 0.1) is 0 Å². The van der Waals surface area contributed by atoms with Crippen molar-refractivity contribution < 1.29 is 19.0 Å². The molecule has 1 unspecified atom stereocenters. The van der Waals surface area contributed by atoms with Crippen molar-refractivity contribution in [3.05, 3.63) is 54.1 Å². The number of amides is 1. The summed E-state index contributed by atoms with van der Waals surface area (Å²) in [5, 5.41) is 3.02. The Morgan fingerprint density at radius 3 is 2.04 bits per heavy atom. The second-order valence-corrected chi connectivity index (χ2v) is 6.80. The molecule has 0 spiro atoms. The minimum Gasteiger partial charge on any atom is -0.497 e. The summed E-state index contributed by atoms with van der Waals surface area (Å²) in [6, 6.07) is 15.4. The van der Waals surface area contributed by atoms with Gasteiger partial charge in [0.25, 0.3) is 5.91 Å². The summed E-state index contributed by atoms with van der Waals surface area (Å²) in [7, 11) is 3.28. The molecule has 2 aromatic rings. The van der Waals surface area contributed by atoms with Crippen LogP contribution >= 0.6 is 0 Å². The Hall–Kier alpha value is -2.73.